The van der Waals surface area contributed by atoms with Crippen LogP contribution in [0.2, 0.25) is 0 Å². The van der Waals surface area contributed by atoms with Gasteiger partial charge in [0.2, 0.25) is 15.9 Å². The lowest BCUT2D eigenvalue weighted by Gasteiger charge is -2.22. The Bertz CT molecular complexity index is 1110. The summed E-state index contributed by atoms with van der Waals surface area (Å²) in [7, 11) is -2.34. The van der Waals surface area contributed by atoms with Crippen molar-refractivity contribution in [2.75, 3.05) is 20.2 Å². The van der Waals surface area contributed by atoms with Crippen molar-refractivity contribution in [1.82, 2.24) is 9.62 Å². The number of nitrogens with one attached hydrogen (secondary N) is 1. The minimum Gasteiger partial charge on any atom is -0.497 e. The van der Waals surface area contributed by atoms with Crippen LogP contribution in [0.3, 0.4) is 0 Å². The first kappa shape index (κ1) is 23.5. The van der Waals surface area contributed by atoms with Crippen LogP contribution in [-0.4, -0.2) is 38.8 Å². The lowest BCUT2D eigenvalue weighted by atomic mass is 10.1. The molecule has 3 rings (SSSR count). The molecule has 0 saturated carbocycles. The number of amides is 1. The molecule has 3 aromatic carbocycles. The number of methoxy groups -OCH3 is 1. The van der Waals surface area contributed by atoms with Gasteiger partial charge in [-0.3, -0.25) is 4.79 Å². The van der Waals surface area contributed by atoms with Crippen LogP contribution in [0.5, 0.6) is 5.75 Å². The van der Waals surface area contributed by atoms with Crippen molar-refractivity contribution >= 4 is 15.9 Å². The molecular formula is C25H28N2O4S. The SMILES string of the molecule is COc1ccc(S(=O)(=O)N(CCc2ccccc2)CC(=O)NCc2ccc(C)cc2)cc1. The van der Waals surface area contributed by atoms with Crippen molar-refractivity contribution in [3.63, 3.8) is 0 Å². The molecule has 1 N–H and O–H groups in total. The molecule has 0 spiro atoms. The predicted octanol–water partition coefficient (Wildman–Crippen LogP) is 3.55. The van der Waals surface area contributed by atoms with Gasteiger partial charge in [-0.1, -0.05) is 60.2 Å². The predicted molar refractivity (Wildman–Crippen MR) is 125 cm³/mol. The number of carbonyl (C=O) groups excluding carboxylic acids is 1. The van der Waals surface area contributed by atoms with E-state index in [4.69, 9.17) is 4.74 Å². The number of rotatable bonds is 10. The molecule has 6 nitrogen and oxygen atoms in total. The minimum absolute atomic E-state index is 0.123. The smallest absolute Gasteiger partial charge is 0.243 e. The summed E-state index contributed by atoms with van der Waals surface area (Å²) in [5, 5.41) is 2.82. The lowest BCUT2D eigenvalue weighted by Crippen LogP contribution is -2.41. The molecule has 0 aliphatic carbocycles. The molecule has 3 aromatic rings. The number of benzene rings is 3. The van der Waals surface area contributed by atoms with E-state index in [1.165, 1.54) is 23.5 Å². The van der Waals surface area contributed by atoms with Crippen LogP contribution in [0, 0.1) is 6.92 Å². The van der Waals surface area contributed by atoms with Gasteiger partial charge in [-0.2, -0.15) is 4.31 Å². The van der Waals surface area contributed by atoms with Crippen molar-refractivity contribution in [2.45, 2.75) is 24.8 Å². The second kappa shape index (κ2) is 10.9. The van der Waals surface area contributed by atoms with Crippen LogP contribution in [-0.2, 0) is 27.8 Å². The normalized spacial score (nSPS) is 11.3. The van der Waals surface area contributed by atoms with E-state index in [0.717, 1.165) is 16.7 Å². The molecular weight excluding hydrogens is 424 g/mol. The maximum absolute atomic E-state index is 13.3. The van der Waals surface area contributed by atoms with Gasteiger partial charge in [-0.25, -0.2) is 8.42 Å². The van der Waals surface area contributed by atoms with Gasteiger partial charge in [-0.15, -0.1) is 0 Å². The summed E-state index contributed by atoms with van der Waals surface area (Å²) in [6.07, 6.45) is 0.501. The molecule has 0 radical (unpaired) electrons. The van der Waals surface area contributed by atoms with Crippen molar-refractivity contribution in [3.8, 4) is 5.75 Å². The Morgan fingerprint density at radius 2 is 1.56 bits per heavy atom. The van der Waals surface area contributed by atoms with Gasteiger partial charge in [0.1, 0.15) is 5.75 Å². The highest BCUT2D eigenvalue weighted by atomic mass is 32.2. The van der Waals surface area contributed by atoms with Crippen molar-refractivity contribution in [3.05, 3.63) is 95.6 Å². The van der Waals surface area contributed by atoms with Crippen LogP contribution < -0.4 is 10.1 Å². The maximum atomic E-state index is 13.3. The highest BCUT2D eigenvalue weighted by molar-refractivity contribution is 7.89. The lowest BCUT2D eigenvalue weighted by molar-refractivity contribution is -0.121. The van der Waals surface area contributed by atoms with Crippen LogP contribution in [0.15, 0.2) is 83.8 Å². The number of aryl methyl sites for hydroxylation is 1. The van der Waals surface area contributed by atoms with Gasteiger partial charge >= 0.3 is 0 Å². The van der Waals surface area contributed by atoms with E-state index < -0.39 is 10.0 Å². The van der Waals surface area contributed by atoms with Gasteiger partial charge in [0.05, 0.1) is 18.6 Å². The third-order valence-corrected chi connectivity index (χ3v) is 6.98. The van der Waals surface area contributed by atoms with E-state index >= 15 is 0 Å². The van der Waals surface area contributed by atoms with E-state index in [1.807, 2.05) is 61.5 Å². The van der Waals surface area contributed by atoms with Gasteiger partial charge in [-0.05, 0) is 48.7 Å². The molecule has 0 heterocycles. The van der Waals surface area contributed by atoms with E-state index in [-0.39, 0.29) is 23.9 Å². The number of nitrogens with zero attached hydrogens (tertiary/aromatic N) is 1. The van der Waals surface area contributed by atoms with E-state index in [1.54, 1.807) is 12.1 Å². The summed E-state index contributed by atoms with van der Waals surface area (Å²) in [6.45, 7) is 2.27. The molecule has 0 bridgehead atoms. The summed E-state index contributed by atoms with van der Waals surface area (Å²) in [4.78, 5) is 12.8. The zero-order valence-electron chi connectivity index (χ0n) is 18.3. The van der Waals surface area contributed by atoms with Gasteiger partial charge in [0.15, 0.2) is 0 Å². The molecule has 7 heteroatoms. The van der Waals surface area contributed by atoms with Crippen LogP contribution in [0.1, 0.15) is 16.7 Å². The standard InChI is InChI=1S/C25H28N2O4S/c1-20-8-10-22(11-9-20)18-26-25(28)19-27(17-16-21-6-4-3-5-7-21)32(29,30)24-14-12-23(31-2)13-15-24/h3-15H,16-19H2,1-2H3,(H,26,28). The Hall–Kier alpha value is -3.16. The Labute approximate surface area is 189 Å². The average Bonchev–Trinajstić information content (AvgIpc) is 2.82. The zero-order chi connectivity index (χ0) is 23.0. The molecule has 0 atom stereocenters. The minimum atomic E-state index is -3.86. The van der Waals surface area contributed by atoms with E-state index in [9.17, 15) is 13.2 Å². The fourth-order valence-electron chi connectivity index (χ4n) is 3.20. The first-order valence-corrected chi connectivity index (χ1v) is 11.8. The first-order valence-electron chi connectivity index (χ1n) is 10.4. The zero-order valence-corrected chi connectivity index (χ0v) is 19.1. The second-order valence-electron chi connectivity index (χ2n) is 7.51. The van der Waals surface area contributed by atoms with Gasteiger partial charge < -0.3 is 10.1 Å². The summed E-state index contributed by atoms with van der Waals surface area (Å²) >= 11 is 0. The van der Waals surface area contributed by atoms with E-state index in [0.29, 0.717) is 18.7 Å². The highest BCUT2D eigenvalue weighted by Gasteiger charge is 2.26. The summed E-state index contributed by atoms with van der Waals surface area (Å²) in [6, 6.07) is 23.6. The van der Waals surface area contributed by atoms with Crippen molar-refractivity contribution in [1.29, 1.82) is 0 Å². The number of hydrogen-bond acceptors (Lipinski definition) is 4. The molecule has 0 unspecified atom stereocenters. The number of hydrogen-bond donors (Lipinski definition) is 1. The molecule has 1 amide bonds. The second-order valence-corrected chi connectivity index (χ2v) is 9.45. The average molecular weight is 453 g/mol. The summed E-state index contributed by atoms with van der Waals surface area (Å²) in [5.41, 5.74) is 3.10. The fraction of sp³-hybridized carbons (Fsp3) is 0.240. The van der Waals surface area contributed by atoms with Gasteiger partial charge in [0.25, 0.3) is 0 Å². The Morgan fingerprint density at radius 3 is 2.19 bits per heavy atom. The van der Waals surface area contributed by atoms with Crippen LogP contribution >= 0.6 is 0 Å². The van der Waals surface area contributed by atoms with Gasteiger partial charge in [0, 0.05) is 13.1 Å². The van der Waals surface area contributed by atoms with Crippen LogP contribution in [0.4, 0.5) is 0 Å². The highest BCUT2D eigenvalue weighted by Crippen LogP contribution is 2.20. The summed E-state index contributed by atoms with van der Waals surface area (Å²) < 4.78 is 33.0. The third kappa shape index (κ3) is 6.42. The first-order chi connectivity index (χ1) is 15.4. The van der Waals surface area contributed by atoms with Crippen molar-refractivity contribution < 1.29 is 17.9 Å². The quantitative estimate of drug-likeness (QED) is 0.510. The molecule has 32 heavy (non-hydrogen) atoms. The topological polar surface area (TPSA) is 75.7 Å². The summed E-state index contributed by atoms with van der Waals surface area (Å²) in [5.74, 6) is 0.214. The fourth-order valence-corrected chi connectivity index (χ4v) is 4.60. The number of ether oxygens (including phenoxy) is 1. The van der Waals surface area contributed by atoms with Crippen molar-refractivity contribution in [2.24, 2.45) is 0 Å². The molecule has 0 saturated heterocycles. The number of carbonyl (C=O) groups is 1. The molecule has 0 aliphatic heterocycles. The largest absolute Gasteiger partial charge is 0.497 e. The third-order valence-electron chi connectivity index (χ3n) is 5.12. The molecule has 0 aromatic heterocycles. The Morgan fingerprint density at radius 1 is 0.906 bits per heavy atom. The van der Waals surface area contributed by atoms with E-state index in [2.05, 4.69) is 5.32 Å². The van der Waals surface area contributed by atoms with Crippen LogP contribution in [0.25, 0.3) is 0 Å². The monoisotopic (exact) mass is 452 g/mol. The Balaban J connectivity index is 1.74. The molecule has 0 aliphatic rings. The molecule has 0 fully saturated rings. The Kier molecular flexibility index (Phi) is 8.03. The maximum Gasteiger partial charge on any atom is 0.243 e. The molecule has 168 valence electrons. The number of sulfonamides is 1.